The average molecular weight is 631 g/mol. The summed E-state index contributed by atoms with van der Waals surface area (Å²) in [4.78, 5) is 27.5. The molecule has 1 aliphatic heterocycles. The summed E-state index contributed by atoms with van der Waals surface area (Å²) in [5.41, 5.74) is -1.55. The lowest BCUT2D eigenvalue weighted by Crippen LogP contribution is -2.55. The molecule has 0 spiro atoms. The lowest BCUT2D eigenvalue weighted by molar-refractivity contribution is -0.125. The number of carbonyl (C=O) groups is 2. The lowest BCUT2D eigenvalue weighted by Gasteiger charge is -2.40. The first-order chi connectivity index (χ1) is 20.7. The van der Waals surface area contributed by atoms with Gasteiger partial charge in [-0.2, -0.15) is 4.31 Å². The highest BCUT2D eigenvalue weighted by atomic mass is 32.2. The maximum absolute atomic E-state index is 14.0. The Balaban J connectivity index is 1.72. The van der Waals surface area contributed by atoms with Gasteiger partial charge >= 0.3 is 0 Å². The number of carbonyl (C=O) groups excluding carboxylic acids is 2. The van der Waals surface area contributed by atoms with Gasteiger partial charge in [0.05, 0.1) is 18.6 Å². The first-order valence-electron chi connectivity index (χ1n) is 15.4. The van der Waals surface area contributed by atoms with E-state index in [0.29, 0.717) is 18.8 Å². The Kier molecular flexibility index (Phi) is 12.8. The molecule has 1 fully saturated rings. The van der Waals surface area contributed by atoms with E-state index in [1.807, 2.05) is 58.0 Å². The fourth-order valence-corrected chi connectivity index (χ4v) is 7.25. The molecule has 3 N–H and O–H groups in total. The number of likely N-dealkylation sites (tertiary alicyclic amines) is 1. The second kappa shape index (κ2) is 15.8. The first-order valence-corrected chi connectivity index (χ1v) is 16.9. The Hall–Kier alpha value is -2.99. The number of benzene rings is 2. The summed E-state index contributed by atoms with van der Waals surface area (Å²) in [7, 11) is -2.62. The minimum Gasteiger partial charge on any atom is -0.497 e. The van der Waals surface area contributed by atoms with E-state index in [0.717, 1.165) is 31.5 Å². The first kappa shape index (κ1) is 35.5. The van der Waals surface area contributed by atoms with Crippen LogP contribution >= 0.6 is 0 Å². The molecule has 2 amide bonds. The van der Waals surface area contributed by atoms with Gasteiger partial charge in [-0.05, 0) is 67.1 Å². The fourth-order valence-electron chi connectivity index (χ4n) is 5.42. The number of nitrogens with one attached hydrogen (secondary N) is 2. The number of methoxy groups -OCH3 is 1. The van der Waals surface area contributed by atoms with Crippen LogP contribution < -0.4 is 15.4 Å². The number of ether oxygens (including phenoxy) is 1. The van der Waals surface area contributed by atoms with E-state index < -0.39 is 21.2 Å². The zero-order valence-corrected chi connectivity index (χ0v) is 27.7. The minimum absolute atomic E-state index is 0.0251. The van der Waals surface area contributed by atoms with Crippen molar-refractivity contribution in [1.29, 1.82) is 0 Å². The van der Waals surface area contributed by atoms with Crippen molar-refractivity contribution in [2.45, 2.75) is 70.4 Å². The molecular weight excluding hydrogens is 580 g/mol. The van der Waals surface area contributed by atoms with E-state index in [4.69, 9.17) is 4.74 Å². The number of amides is 2. The number of hydrogen-bond acceptors (Lipinski definition) is 7. The molecule has 1 aliphatic rings. The van der Waals surface area contributed by atoms with Crippen LogP contribution in [0.4, 0.5) is 0 Å². The zero-order valence-electron chi connectivity index (χ0n) is 26.8. The van der Waals surface area contributed by atoms with Gasteiger partial charge < -0.3 is 20.5 Å². The van der Waals surface area contributed by atoms with Gasteiger partial charge in [-0.1, -0.05) is 58.0 Å². The van der Waals surface area contributed by atoms with Crippen LogP contribution in [0.5, 0.6) is 5.75 Å². The molecule has 0 aromatic heterocycles. The van der Waals surface area contributed by atoms with Crippen molar-refractivity contribution >= 4 is 21.8 Å². The quantitative estimate of drug-likeness (QED) is 0.229. The summed E-state index contributed by atoms with van der Waals surface area (Å²) in [6, 6.07) is 15.3. The van der Waals surface area contributed by atoms with Crippen molar-refractivity contribution in [3.8, 4) is 5.75 Å². The maximum Gasteiger partial charge on any atom is 0.245 e. The van der Waals surface area contributed by atoms with Crippen LogP contribution in [-0.4, -0.2) is 86.6 Å². The Bertz CT molecular complexity index is 1310. The van der Waals surface area contributed by atoms with Crippen LogP contribution in [-0.2, 0) is 26.0 Å². The number of nitrogens with zero attached hydrogens (tertiary/aromatic N) is 2. The molecule has 1 saturated heterocycles. The maximum atomic E-state index is 14.0. The Labute approximate surface area is 263 Å². The SMILES string of the molecule is COc1ccc(S(=O)(=O)N(CC(C)C)C(O)(CCNC(=O)CC(C)(C)CNC(=O)CN2CCCC2)Cc2ccccc2)cc1. The van der Waals surface area contributed by atoms with Crippen molar-refractivity contribution in [3.05, 3.63) is 60.2 Å². The van der Waals surface area contributed by atoms with Gasteiger partial charge in [-0.15, -0.1) is 0 Å². The highest BCUT2D eigenvalue weighted by Gasteiger charge is 2.43. The van der Waals surface area contributed by atoms with Crippen molar-refractivity contribution in [2.24, 2.45) is 11.3 Å². The van der Waals surface area contributed by atoms with Gasteiger partial charge in [0.15, 0.2) is 0 Å². The number of hydrogen-bond donors (Lipinski definition) is 3. The summed E-state index contributed by atoms with van der Waals surface area (Å²) >= 11 is 0. The summed E-state index contributed by atoms with van der Waals surface area (Å²) in [5, 5.41) is 18.0. The van der Waals surface area contributed by atoms with E-state index in [1.54, 1.807) is 12.1 Å². The number of sulfonamides is 1. The molecule has 1 heterocycles. The van der Waals surface area contributed by atoms with Gasteiger partial charge in [0.1, 0.15) is 11.5 Å². The van der Waals surface area contributed by atoms with Gasteiger partial charge in [0.25, 0.3) is 0 Å². The van der Waals surface area contributed by atoms with Gasteiger partial charge in [-0.3, -0.25) is 14.5 Å². The molecule has 3 rings (SSSR count). The highest BCUT2D eigenvalue weighted by molar-refractivity contribution is 7.89. The van der Waals surface area contributed by atoms with E-state index in [9.17, 15) is 23.1 Å². The molecule has 11 heteroatoms. The van der Waals surface area contributed by atoms with E-state index in [2.05, 4.69) is 15.5 Å². The van der Waals surface area contributed by atoms with Crippen LogP contribution in [0.3, 0.4) is 0 Å². The van der Waals surface area contributed by atoms with Gasteiger partial charge in [0.2, 0.25) is 21.8 Å². The van der Waals surface area contributed by atoms with Crippen LogP contribution in [0.15, 0.2) is 59.5 Å². The smallest absolute Gasteiger partial charge is 0.245 e. The molecular formula is C33H50N4O6S. The molecule has 1 unspecified atom stereocenters. The molecule has 1 atom stereocenters. The lowest BCUT2D eigenvalue weighted by atomic mass is 9.88. The van der Waals surface area contributed by atoms with Crippen molar-refractivity contribution in [1.82, 2.24) is 19.8 Å². The predicted molar refractivity (Wildman–Crippen MR) is 172 cm³/mol. The Morgan fingerprint density at radius 1 is 1.00 bits per heavy atom. The molecule has 0 saturated carbocycles. The topological polar surface area (TPSA) is 128 Å². The number of aliphatic hydroxyl groups is 1. The normalized spacial score (nSPS) is 15.7. The van der Waals surface area contributed by atoms with Crippen LogP contribution in [0.1, 0.15) is 58.9 Å². The second-order valence-corrected chi connectivity index (χ2v) is 14.8. The van der Waals surface area contributed by atoms with Gasteiger partial charge in [-0.25, -0.2) is 8.42 Å². The molecule has 244 valence electrons. The van der Waals surface area contributed by atoms with Crippen LogP contribution in [0.25, 0.3) is 0 Å². The molecule has 0 aliphatic carbocycles. The third-order valence-corrected chi connectivity index (χ3v) is 9.73. The Morgan fingerprint density at radius 3 is 2.23 bits per heavy atom. The molecule has 2 aromatic rings. The van der Waals surface area contributed by atoms with Crippen LogP contribution in [0, 0.1) is 11.3 Å². The molecule has 2 aromatic carbocycles. The van der Waals surface area contributed by atoms with Crippen molar-refractivity contribution in [3.63, 3.8) is 0 Å². The second-order valence-electron chi connectivity index (χ2n) is 13.0. The summed E-state index contributed by atoms with van der Waals surface area (Å²) in [6.45, 7) is 10.4. The summed E-state index contributed by atoms with van der Waals surface area (Å²) in [5.74, 6) is 0.158. The van der Waals surface area contributed by atoms with Crippen molar-refractivity contribution in [2.75, 3.05) is 46.4 Å². The Morgan fingerprint density at radius 2 is 1.64 bits per heavy atom. The van der Waals surface area contributed by atoms with Crippen molar-refractivity contribution < 1.29 is 27.9 Å². The van der Waals surface area contributed by atoms with E-state index in [1.165, 1.54) is 23.5 Å². The van der Waals surface area contributed by atoms with E-state index in [-0.39, 0.29) is 55.0 Å². The third kappa shape index (κ3) is 10.6. The average Bonchev–Trinajstić information content (AvgIpc) is 3.48. The van der Waals surface area contributed by atoms with Gasteiger partial charge in [0, 0.05) is 38.9 Å². The zero-order chi connectivity index (χ0) is 32.4. The molecule has 44 heavy (non-hydrogen) atoms. The summed E-state index contributed by atoms with van der Waals surface area (Å²) in [6.07, 6.45) is 2.40. The number of rotatable bonds is 17. The minimum atomic E-state index is -4.13. The third-order valence-electron chi connectivity index (χ3n) is 7.79. The predicted octanol–water partition coefficient (Wildman–Crippen LogP) is 3.41. The molecule has 0 bridgehead atoms. The summed E-state index contributed by atoms with van der Waals surface area (Å²) < 4.78 is 34.4. The fraction of sp³-hybridized carbons (Fsp3) is 0.576. The van der Waals surface area contributed by atoms with Crippen LogP contribution in [0.2, 0.25) is 0 Å². The molecule has 0 radical (unpaired) electrons. The highest BCUT2D eigenvalue weighted by Crippen LogP contribution is 2.31. The van der Waals surface area contributed by atoms with E-state index >= 15 is 0 Å². The standard InChI is InChI=1S/C33H50N4O6S/c1-26(2)23-37(44(41,42)29-15-13-28(43-5)14-16-29)33(40,21-27-11-7-6-8-12-27)17-18-34-30(38)22-32(3,4)25-35-31(39)24-36-19-9-10-20-36/h6-8,11-16,26,40H,9-10,17-25H2,1-5H3,(H,34,38)(H,35,39). The molecule has 10 nitrogen and oxygen atoms in total. The largest absolute Gasteiger partial charge is 0.497 e. The monoisotopic (exact) mass is 630 g/mol.